The summed E-state index contributed by atoms with van der Waals surface area (Å²) in [7, 11) is 0. The molecule has 0 aromatic heterocycles. The van der Waals surface area contributed by atoms with Crippen LogP contribution in [0.25, 0.3) is 0 Å². The van der Waals surface area contributed by atoms with Crippen molar-refractivity contribution in [2.45, 2.75) is 57.8 Å². The third-order valence-corrected chi connectivity index (χ3v) is 3.18. The lowest BCUT2D eigenvalue weighted by atomic mass is 10.0. The molecule has 3 unspecified atom stereocenters. The van der Waals surface area contributed by atoms with Gasteiger partial charge in [0, 0.05) is 6.04 Å². The fourth-order valence-electron chi connectivity index (χ4n) is 2.41. The molecular formula is C11H21NO. The second-order valence-electron chi connectivity index (χ2n) is 4.86. The highest BCUT2D eigenvalue weighted by Crippen LogP contribution is 2.32. The van der Waals surface area contributed by atoms with E-state index in [-0.39, 0.29) is 0 Å². The van der Waals surface area contributed by atoms with Crippen molar-refractivity contribution < 1.29 is 4.74 Å². The van der Waals surface area contributed by atoms with Gasteiger partial charge in [0.2, 0.25) is 0 Å². The van der Waals surface area contributed by atoms with Gasteiger partial charge in [-0.3, -0.25) is 0 Å². The smallest absolute Gasteiger partial charge is 0.0732 e. The van der Waals surface area contributed by atoms with Crippen molar-refractivity contribution in [1.29, 1.82) is 0 Å². The van der Waals surface area contributed by atoms with Crippen molar-refractivity contribution in [2.24, 2.45) is 5.92 Å². The van der Waals surface area contributed by atoms with Crippen LogP contribution in [0.3, 0.4) is 0 Å². The van der Waals surface area contributed by atoms with Crippen LogP contribution in [0.1, 0.15) is 39.5 Å². The Morgan fingerprint density at radius 3 is 2.77 bits per heavy atom. The minimum atomic E-state index is 0.525. The third kappa shape index (κ3) is 2.23. The molecule has 0 amide bonds. The maximum absolute atomic E-state index is 5.88. The first kappa shape index (κ1) is 9.47. The van der Waals surface area contributed by atoms with Crippen LogP contribution in [0.4, 0.5) is 0 Å². The number of ether oxygens (including phenoxy) is 1. The summed E-state index contributed by atoms with van der Waals surface area (Å²) in [5.41, 5.74) is 0. The van der Waals surface area contributed by atoms with Crippen LogP contribution in [0.15, 0.2) is 0 Å². The minimum Gasteiger partial charge on any atom is -0.373 e. The molecular weight excluding hydrogens is 162 g/mol. The molecule has 0 spiro atoms. The van der Waals surface area contributed by atoms with E-state index in [0.29, 0.717) is 18.2 Å². The molecule has 76 valence electrons. The lowest BCUT2D eigenvalue weighted by Crippen LogP contribution is -2.44. The Balaban J connectivity index is 1.79. The molecule has 2 fully saturated rings. The molecule has 2 rings (SSSR count). The van der Waals surface area contributed by atoms with E-state index in [1.165, 1.54) is 25.7 Å². The first-order valence-corrected chi connectivity index (χ1v) is 5.64. The third-order valence-electron chi connectivity index (χ3n) is 3.18. The van der Waals surface area contributed by atoms with Crippen molar-refractivity contribution in [3.63, 3.8) is 0 Å². The van der Waals surface area contributed by atoms with E-state index < -0.39 is 0 Å². The van der Waals surface area contributed by atoms with Crippen LogP contribution >= 0.6 is 0 Å². The van der Waals surface area contributed by atoms with Gasteiger partial charge in [-0.2, -0.15) is 0 Å². The van der Waals surface area contributed by atoms with Gasteiger partial charge in [-0.25, -0.2) is 0 Å². The van der Waals surface area contributed by atoms with E-state index in [0.717, 1.165) is 12.5 Å². The molecule has 0 aliphatic carbocycles. The standard InChI is InChI=1S/C11H21NO/c1-8(2)7-12-10-5-3-9-4-6-11(10)13-9/h8-12H,3-7H2,1-2H3. The molecule has 13 heavy (non-hydrogen) atoms. The molecule has 2 heterocycles. The minimum absolute atomic E-state index is 0.525. The van der Waals surface area contributed by atoms with Gasteiger partial charge < -0.3 is 10.1 Å². The van der Waals surface area contributed by atoms with E-state index in [1.807, 2.05) is 0 Å². The highest BCUT2D eigenvalue weighted by atomic mass is 16.5. The number of hydrogen-bond acceptors (Lipinski definition) is 2. The van der Waals surface area contributed by atoms with Crippen molar-refractivity contribution in [3.8, 4) is 0 Å². The average Bonchev–Trinajstić information content (AvgIpc) is 2.47. The fourth-order valence-corrected chi connectivity index (χ4v) is 2.41. The van der Waals surface area contributed by atoms with Gasteiger partial charge in [-0.15, -0.1) is 0 Å². The largest absolute Gasteiger partial charge is 0.373 e. The van der Waals surface area contributed by atoms with Gasteiger partial charge in [0.15, 0.2) is 0 Å². The van der Waals surface area contributed by atoms with Crippen LogP contribution in [0.2, 0.25) is 0 Å². The van der Waals surface area contributed by atoms with Crippen molar-refractivity contribution in [1.82, 2.24) is 5.32 Å². The normalized spacial score (nSPS) is 38.5. The summed E-state index contributed by atoms with van der Waals surface area (Å²) in [6.07, 6.45) is 6.29. The summed E-state index contributed by atoms with van der Waals surface area (Å²) in [5.74, 6) is 0.749. The zero-order chi connectivity index (χ0) is 9.26. The molecule has 2 aliphatic heterocycles. The molecule has 2 heteroatoms. The zero-order valence-corrected chi connectivity index (χ0v) is 8.75. The van der Waals surface area contributed by atoms with Gasteiger partial charge in [0.05, 0.1) is 12.2 Å². The topological polar surface area (TPSA) is 21.3 Å². The summed E-state index contributed by atoms with van der Waals surface area (Å²) >= 11 is 0. The Morgan fingerprint density at radius 1 is 1.23 bits per heavy atom. The van der Waals surface area contributed by atoms with Crippen molar-refractivity contribution >= 4 is 0 Å². The molecule has 1 N–H and O–H groups in total. The molecule has 2 nitrogen and oxygen atoms in total. The fraction of sp³-hybridized carbons (Fsp3) is 1.00. The van der Waals surface area contributed by atoms with Crippen LogP contribution in [0, 0.1) is 5.92 Å². The Bertz CT molecular complexity index is 169. The average molecular weight is 183 g/mol. The molecule has 2 aliphatic rings. The molecule has 2 bridgehead atoms. The molecule has 0 radical (unpaired) electrons. The van der Waals surface area contributed by atoms with E-state index in [9.17, 15) is 0 Å². The Kier molecular flexibility index (Phi) is 2.89. The van der Waals surface area contributed by atoms with E-state index in [1.54, 1.807) is 0 Å². The first-order valence-electron chi connectivity index (χ1n) is 5.64. The SMILES string of the molecule is CC(C)CNC1CCC2CCC1O2. The Labute approximate surface area is 81.0 Å². The number of hydrogen-bond donors (Lipinski definition) is 1. The molecule has 2 saturated heterocycles. The van der Waals surface area contributed by atoms with Gasteiger partial charge >= 0.3 is 0 Å². The zero-order valence-electron chi connectivity index (χ0n) is 8.75. The van der Waals surface area contributed by atoms with Crippen LogP contribution in [-0.4, -0.2) is 24.8 Å². The van der Waals surface area contributed by atoms with E-state index in [4.69, 9.17) is 4.74 Å². The predicted molar refractivity (Wildman–Crippen MR) is 53.8 cm³/mol. The summed E-state index contributed by atoms with van der Waals surface area (Å²) in [5, 5.41) is 3.62. The summed E-state index contributed by atoms with van der Waals surface area (Å²) in [6.45, 7) is 5.65. The summed E-state index contributed by atoms with van der Waals surface area (Å²) < 4.78 is 5.88. The highest BCUT2D eigenvalue weighted by Gasteiger charge is 2.36. The van der Waals surface area contributed by atoms with Crippen molar-refractivity contribution in [3.05, 3.63) is 0 Å². The maximum atomic E-state index is 5.88. The maximum Gasteiger partial charge on any atom is 0.0732 e. The molecule has 0 aromatic rings. The molecule has 0 saturated carbocycles. The van der Waals surface area contributed by atoms with Crippen LogP contribution in [-0.2, 0) is 4.74 Å². The van der Waals surface area contributed by atoms with Crippen LogP contribution in [0.5, 0.6) is 0 Å². The van der Waals surface area contributed by atoms with E-state index >= 15 is 0 Å². The summed E-state index contributed by atoms with van der Waals surface area (Å²) in [4.78, 5) is 0. The quantitative estimate of drug-likeness (QED) is 0.722. The lowest BCUT2D eigenvalue weighted by Gasteiger charge is -2.30. The Morgan fingerprint density at radius 2 is 2.00 bits per heavy atom. The second-order valence-corrected chi connectivity index (χ2v) is 4.86. The lowest BCUT2D eigenvalue weighted by molar-refractivity contribution is -0.0167. The predicted octanol–water partition coefficient (Wildman–Crippen LogP) is 1.94. The van der Waals surface area contributed by atoms with Gasteiger partial charge in [0.1, 0.15) is 0 Å². The number of fused-ring (bicyclic) bond motifs is 2. The van der Waals surface area contributed by atoms with Crippen molar-refractivity contribution in [2.75, 3.05) is 6.54 Å². The number of rotatable bonds is 3. The van der Waals surface area contributed by atoms with Gasteiger partial charge in [-0.05, 0) is 38.1 Å². The molecule has 0 aromatic carbocycles. The second kappa shape index (κ2) is 3.97. The highest BCUT2D eigenvalue weighted by molar-refractivity contribution is 4.89. The Hall–Kier alpha value is -0.0800. The van der Waals surface area contributed by atoms with Crippen LogP contribution < -0.4 is 5.32 Å². The first-order chi connectivity index (χ1) is 6.25. The monoisotopic (exact) mass is 183 g/mol. The van der Waals surface area contributed by atoms with Gasteiger partial charge in [-0.1, -0.05) is 13.8 Å². The molecule has 3 atom stereocenters. The number of nitrogens with one attached hydrogen (secondary N) is 1. The summed E-state index contributed by atoms with van der Waals surface area (Å²) in [6, 6.07) is 0.640. The van der Waals surface area contributed by atoms with E-state index in [2.05, 4.69) is 19.2 Å². The van der Waals surface area contributed by atoms with Gasteiger partial charge in [0.25, 0.3) is 0 Å².